The Morgan fingerprint density at radius 1 is 0.840 bits per heavy atom. The maximum atomic E-state index is 5.53. The Kier molecular flexibility index (Phi) is 12.2. The molecule has 0 heterocycles. The van der Waals surface area contributed by atoms with Crippen molar-refractivity contribution in [1.82, 2.24) is 5.53 Å². The highest BCUT2D eigenvalue weighted by Crippen LogP contribution is 2.24. The molecular weight excluding hydrogens is 394 g/mol. The van der Waals surface area contributed by atoms with Crippen molar-refractivity contribution < 1.29 is 18.7 Å². The predicted octanol–water partition coefficient (Wildman–Crippen LogP) is 2.59. The van der Waals surface area contributed by atoms with E-state index in [1.165, 1.54) is 0 Å². The zero-order valence-electron chi connectivity index (χ0n) is 16.2. The minimum absolute atomic E-state index is 0.0773. The van der Waals surface area contributed by atoms with Gasteiger partial charge in [0, 0.05) is 27.1 Å². The molecular formula is C16H33N3O2S4. The van der Waals surface area contributed by atoms with Crippen molar-refractivity contribution in [2.24, 2.45) is 0 Å². The summed E-state index contributed by atoms with van der Waals surface area (Å²) >= 11 is 22.1. The van der Waals surface area contributed by atoms with Crippen LogP contribution in [0.2, 0.25) is 0 Å². The quantitative estimate of drug-likeness (QED) is 0.222. The standard InChI is InChI=1S/C16H33N3O2S4/c1-7-13(11-20-5)18(9-3,15(22)23)17-19(10-4,16(24)25)14(8-2)12-21-6/h13-14,17H,7-12H2,1-6H3/t13-,14-,18+,19+/m1/s1. The smallest absolute Gasteiger partial charge is 0.138 e. The first kappa shape index (κ1) is 25.4. The van der Waals surface area contributed by atoms with E-state index in [1.54, 1.807) is 14.2 Å². The monoisotopic (exact) mass is 427 g/mol. The summed E-state index contributed by atoms with van der Waals surface area (Å²) in [4.78, 5) is 0. The van der Waals surface area contributed by atoms with Crippen LogP contribution in [0.25, 0.3) is 0 Å². The molecule has 0 aliphatic heterocycles. The van der Waals surface area contributed by atoms with Gasteiger partial charge in [0.15, 0.2) is 0 Å². The van der Waals surface area contributed by atoms with E-state index in [4.69, 9.17) is 59.2 Å². The van der Waals surface area contributed by atoms with Crippen molar-refractivity contribution in [2.45, 2.75) is 52.6 Å². The van der Waals surface area contributed by atoms with Crippen molar-refractivity contribution in [1.29, 1.82) is 0 Å². The van der Waals surface area contributed by atoms with Gasteiger partial charge in [0.2, 0.25) is 0 Å². The molecule has 25 heavy (non-hydrogen) atoms. The second-order valence-electron chi connectivity index (χ2n) is 6.04. The first-order valence-corrected chi connectivity index (χ1v) is 10.3. The van der Waals surface area contributed by atoms with Crippen LogP contribution in [0.1, 0.15) is 40.5 Å². The molecule has 0 aromatic rings. The van der Waals surface area contributed by atoms with E-state index in [2.05, 4.69) is 33.2 Å². The van der Waals surface area contributed by atoms with Crippen LogP contribution < -0.4 is 5.53 Å². The van der Waals surface area contributed by atoms with Crippen LogP contribution in [0.5, 0.6) is 0 Å². The number of ether oxygens (including phenoxy) is 2. The third kappa shape index (κ3) is 5.70. The molecule has 5 nitrogen and oxygen atoms in total. The van der Waals surface area contributed by atoms with Crippen molar-refractivity contribution in [3.8, 4) is 0 Å². The molecule has 0 saturated heterocycles. The average molecular weight is 428 g/mol. The lowest BCUT2D eigenvalue weighted by Gasteiger charge is -2.53. The van der Waals surface area contributed by atoms with E-state index < -0.39 is 0 Å². The Balaban J connectivity index is 6.23. The van der Waals surface area contributed by atoms with Crippen molar-refractivity contribution in [2.75, 3.05) is 40.5 Å². The fourth-order valence-corrected chi connectivity index (χ4v) is 4.55. The molecule has 0 amide bonds. The number of rotatable bonds is 12. The minimum Gasteiger partial charge on any atom is -0.378 e. The minimum atomic E-state index is 0.0773. The highest BCUT2D eigenvalue weighted by atomic mass is 32.1. The number of quaternary nitrogens is 2. The normalized spacial score (nSPS) is 18.8. The summed E-state index contributed by atoms with van der Waals surface area (Å²) in [5.41, 5.74) is 3.68. The van der Waals surface area contributed by atoms with Gasteiger partial charge >= 0.3 is 0 Å². The molecule has 0 saturated carbocycles. The summed E-state index contributed by atoms with van der Waals surface area (Å²) in [7, 11) is 3.39. The van der Waals surface area contributed by atoms with Gasteiger partial charge in [-0.2, -0.15) is 9.18 Å². The van der Waals surface area contributed by atoms with Crippen LogP contribution in [0.4, 0.5) is 0 Å². The van der Waals surface area contributed by atoms with Gasteiger partial charge in [-0.15, -0.1) is 0 Å². The van der Waals surface area contributed by atoms with E-state index in [0.717, 1.165) is 12.8 Å². The maximum absolute atomic E-state index is 5.53. The maximum Gasteiger partial charge on any atom is 0.138 e. The Labute approximate surface area is 175 Å². The molecule has 0 aliphatic carbocycles. The first-order chi connectivity index (χ1) is 11.8. The van der Waals surface area contributed by atoms with E-state index in [-0.39, 0.29) is 21.3 Å². The van der Waals surface area contributed by atoms with E-state index in [0.29, 0.717) is 34.9 Å². The predicted molar refractivity (Wildman–Crippen MR) is 117 cm³/mol. The number of methoxy groups -OCH3 is 2. The summed E-state index contributed by atoms with van der Waals surface area (Å²) in [5, 5.41) is 0. The molecule has 0 aromatic carbocycles. The third-order valence-electron chi connectivity index (χ3n) is 4.91. The number of thiocarbonyl (C=S) groups is 2. The number of nitrogens with zero attached hydrogens (tertiary/aromatic N) is 2. The molecule has 9 heteroatoms. The second kappa shape index (κ2) is 12.0. The van der Waals surface area contributed by atoms with Gasteiger partial charge in [-0.25, -0.2) is 0 Å². The SMILES string of the molecule is CC[C@H](COC)[N@+](CC)(N[N@+](CC)(C(=S)[S-])[C@H](CC)COC)C(=S)[S-]. The van der Waals surface area contributed by atoms with Crippen molar-refractivity contribution in [3.05, 3.63) is 0 Å². The molecule has 0 spiro atoms. The van der Waals surface area contributed by atoms with Crippen LogP contribution in [0.3, 0.4) is 0 Å². The number of hydrogen-bond donors (Lipinski definition) is 1. The Morgan fingerprint density at radius 2 is 1.16 bits per heavy atom. The fourth-order valence-electron chi connectivity index (χ4n) is 3.28. The molecule has 0 rings (SSSR count). The topological polar surface area (TPSA) is 30.5 Å². The largest absolute Gasteiger partial charge is 0.378 e. The average Bonchev–Trinajstić information content (AvgIpc) is 2.59. The summed E-state index contributed by atoms with van der Waals surface area (Å²) in [6.45, 7) is 10.8. The second-order valence-corrected chi connectivity index (χ2v) is 8.10. The summed E-state index contributed by atoms with van der Waals surface area (Å²) in [6.07, 6.45) is 1.72. The lowest BCUT2D eigenvalue weighted by molar-refractivity contribution is -1.10. The molecule has 1 N–H and O–H groups in total. The molecule has 4 atom stereocenters. The van der Waals surface area contributed by atoms with Gasteiger partial charge < -0.3 is 59.2 Å². The highest BCUT2D eigenvalue weighted by Gasteiger charge is 2.46. The molecule has 148 valence electrons. The lowest BCUT2D eigenvalue weighted by Crippen LogP contribution is -2.80. The van der Waals surface area contributed by atoms with Gasteiger partial charge in [0.05, 0.1) is 8.64 Å². The zero-order chi connectivity index (χ0) is 19.7. The fraction of sp³-hybridized carbons (Fsp3) is 0.875. The third-order valence-corrected chi connectivity index (χ3v) is 6.22. The van der Waals surface area contributed by atoms with Crippen LogP contribution in [-0.2, 0) is 34.7 Å². The Hall–Kier alpha value is 0.420. The van der Waals surface area contributed by atoms with Crippen LogP contribution in [-0.4, -0.2) is 70.4 Å². The van der Waals surface area contributed by atoms with Gasteiger partial charge in [0.1, 0.15) is 38.4 Å². The van der Waals surface area contributed by atoms with Gasteiger partial charge in [-0.1, -0.05) is 13.8 Å². The van der Waals surface area contributed by atoms with Crippen LogP contribution in [0, 0.1) is 0 Å². The van der Waals surface area contributed by atoms with E-state index in [9.17, 15) is 0 Å². The van der Waals surface area contributed by atoms with Crippen LogP contribution >= 0.6 is 24.4 Å². The van der Waals surface area contributed by atoms with Crippen molar-refractivity contribution in [3.63, 3.8) is 0 Å². The molecule has 0 bridgehead atoms. The van der Waals surface area contributed by atoms with Crippen molar-refractivity contribution >= 4 is 58.3 Å². The first-order valence-electron chi connectivity index (χ1n) is 8.72. The van der Waals surface area contributed by atoms with Gasteiger partial charge in [-0.05, 0) is 19.4 Å². The Morgan fingerprint density at radius 3 is 1.32 bits per heavy atom. The number of nitrogens with one attached hydrogen (secondary N) is 1. The molecule has 0 aromatic heterocycles. The molecule has 0 unspecified atom stereocenters. The molecule has 0 aliphatic rings. The zero-order valence-corrected chi connectivity index (χ0v) is 19.5. The number of likely N-dealkylation sites (N-methyl/N-ethyl adjacent to an activating group) is 2. The summed E-state index contributed by atoms with van der Waals surface area (Å²) < 4.78 is 12.3. The van der Waals surface area contributed by atoms with E-state index in [1.807, 2.05) is 0 Å². The number of hydrogen-bond acceptors (Lipinski definition) is 7. The molecule has 0 fully saturated rings. The van der Waals surface area contributed by atoms with Gasteiger partial charge in [-0.3, -0.25) is 0 Å². The van der Waals surface area contributed by atoms with Gasteiger partial charge in [0.25, 0.3) is 0 Å². The summed E-state index contributed by atoms with van der Waals surface area (Å²) in [5.74, 6) is 0. The summed E-state index contributed by atoms with van der Waals surface area (Å²) in [6, 6.07) is 0.155. The highest BCUT2D eigenvalue weighted by molar-refractivity contribution is 8.00. The van der Waals surface area contributed by atoms with E-state index >= 15 is 0 Å². The van der Waals surface area contributed by atoms with Crippen LogP contribution in [0.15, 0.2) is 0 Å². The molecule has 0 radical (unpaired) electrons. The lowest BCUT2D eigenvalue weighted by atomic mass is 10.2. The Bertz CT molecular complexity index is 404.